The Hall–Kier alpha value is -3.46. The highest BCUT2D eigenvalue weighted by molar-refractivity contribution is 6.33. The molecule has 0 bridgehead atoms. The molecular formula is C31H38ClN7O. The van der Waals surface area contributed by atoms with Crippen LogP contribution in [0.5, 0.6) is 0 Å². The van der Waals surface area contributed by atoms with Crippen molar-refractivity contribution < 1.29 is 4.79 Å². The minimum absolute atomic E-state index is 0.156. The van der Waals surface area contributed by atoms with Crippen LogP contribution in [0.25, 0.3) is 22.2 Å². The van der Waals surface area contributed by atoms with Crippen molar-refractivity contribution in [3.8, 4) is 11.3 Å². The number of H-pyrrole nitrogens is 1. The number of fused-ring (bicyclic) bond motifs is 1. The van der Waals surface area contributed by atoms with Gasteiger partial charge in [-0.2, -0.15) is 0 Å². The fourth-order valence-electron chi connectivity index (χ4n) is 5.29. The number of piperidine rings is 1. The molecule has 4 aromatic rings. The van der Waals surface area contributed by atoms with Crippen molar-refractivity contribution >= 4 is 40.0 Å². The number of hydrogen-bond acceptors (Lipinski definition) is 6. The molecule has 1 aliphatic rings. The van der Waals surface area contributed by atoms with Gasteiger partial charge in [0, 0.05) is 67.5 Å². The number of anilines is 2. The summed E-state index contributed by atoms with van der Waals surface area (Å²) in [6, 6.07) is 16.8. The highest BCUT2D eigenvalue weighted by atomic mass is 35.5. The average molecular weight is 560 g/mol. The van der Waals surface area contributed by atoms with Crippen molar-refractivity contribution in [2.75, 3.05) is 51.0 Å². The number of rotatable bonds is 10. The molecular weight excluding hydrogens is 522 g/mol. The van der Waals surface area contributed by atoms with E-state index in [-0.39, 0.29) is 5.91 Å². The number of carbonyl (C=O) groups is 1. The third kappa shape index (κ3) is 6.81. The minimum Gasteiger partial charge on any atom is -0.360 e. The van der Waals surface area contributed by atoms with Crippen molar-refractivity contribution in [2.45, 2.75) is 38.3 Å². The second kappa shape index (κ2) is 12.8. The van der Waals surface area contributed by atoms with Gasteiger partial charge in [-0.25, -0.2) is 9.97 Å². The first-order valence-corrected chi connectivity index (χ1v) is 14.3. The number of para-hydroxylation sites is 1. The highest BCUT2D eigenvalue weighted by Crippen LogP contribution is 2.32. The Labute approximate surface area is 241 Å². The number of amides is 1. The summed E-state index contributed by atoms with van der Waals surface area (Å²) in [5, 5.41) is 5.16. The lowest BCUT2D eigenvalue weighted by atomic mass is 10.0. The lowest BCUT2D eigenvalue weighted by Crippen LogP contribution is -2.39. The largest absolute Gasteiger partial charge is 0.360 e. The molecule has 0 radical (unpaired) electrons. The maximum Gasteiger partial charge on any atom is 0.226 e. The monoisotopic (exact) mass is 559 g/mol. The van der Waals surface area contributed by atoms with Crippen LogP contribution >= 0.6 is 11.6 Å². The molecule has 1 amide bonds. The van der Waals surface area contributed by atoms with Crippen molar-refractivity contribution in [1.82, 2.24) is 24.8 Å². The first kappa shape index (κ1) is 28.1. The normalized spacial score (nSPS) is 14.6. The summed E-state index contributed by atoms with van der Waals surface area (Å²) < 4.78 is 0. The van der Waals surface area contributed by atoms with Gasteiger partial charge in [-0.15, -0.1) is 0 Å². The fraction of sp³-hybridized carbons (Fsp3) is 0.387. The zero-order chi connectivity index (χ0) is 28.1. The zero-order valence-electron chi connectivity index (χ0n) is 23.5. The van der Waals surface area contributed by atoms with E-state index in [2.05, 4.69) is 43.3 Å². The van der Waals surface area contributed by atoms with E-state index < -0.39 is 0 Å². The van der Waals surface area contributed by atoms with E-state index >= 15 is 0 Å². The van der Waals surface area contributed by atoms with Crippen LogP contribution in [-0.4, -0.2) is 77.5 Å². The number of aromatic amines is 1. The van der Waals surface area contributed by atoms with E-state index in [1.165, 1.54) is 5.56 Å². The number of likely N-dealkylation sites (tertiary alicyclic amines) is 1. The molecule has 1 aliphatic heterocycles. The molecule has 5 rings (SSSR count). The summed E-state index contributed by atoms with van der Waals surface area (Å²) >= 11 is 6.51. The van der Waals surface area contributed by atoms with Gasteiger partial charge >= 0.3 is 0 Å². The topological polar surface area (TPSA) is 80.4 Å². The van der Waals surface area contributed by atoms with Crippen LogP contribution in [0.15, 0.2) is 60.9 Å². The maximum absolute atomic E-state index is 12.6. The van der Waals surface area contributed by atoms with Crippen molar-refractivity contribution in [2.24, 2.45) is 0 Å². The van der Waals surface area contributed by atoms with E-state index in [0.717, 1.165) is 73.3 Å². The van der Waals surface area contributed by atoms with E-state index in [0.29, 0.717) is 23.4 Å². The molecule has 0 unspecified atom stereocenters. The summed E-state index contributed by atoms with van der Waals surface area (Å²) in [5.41, 5.74) is 4.94. The van der Waals surface area contributed by atoms with Gasteiger partial charge < -0.3 is 20.1 Å². The summed E-state index contributed by atoms with van der Waals surface area (Å²) in [6.07, 6.45) is 7.05. The van der Waals surface area contributed by atoms with Crippen LogP contribution in [0.2, 0.25) is 5.02 Å². The number of carbonyl (C=O) groups excluding carboxylic acids is 1. The first-order chi connectivity index (χ1) is 19.4. The van der Waals surface area contributed by atoms with Crippen molar-refractivity contribution in [3.63, 3.8) is 0 Å². The predicted molar refractivity (Wildman–Crippen MR) is 164 cm³/mol. The average Bonchev–Trinajstić information content (AvgIpc) is 3.38. The number of hydrogen-bond donors (Lipinski definition) is 2. The molecule has 1 saturated heterocycles. The number of aromatic nitrogens is 3. The third-order valence-electron chi connectivity index (χ3n) is 7.58. The molecule has 0 atom stereocenters. The third-order valence-corrected chi connectivity index (χ3v) is 7.86. The number of benzene rings is 2. The van der Waals surface area contributed by atoms with Crippen molar-refractivity contribution in [1.29, 1.82) is 0 Å². The molecule has 9 heteroatoms. The quantitative estimate of drug-likeness (QED) is 0.261. The second-order valence-corrected chi connectivity index (χ2v) is 11.3. The Kier molecular flexibility index (Phi) is 8.99. The van der Waals surface area contributed by atoms with Gasteiger partial charge in [0.2, 0.25) is 11.9 Å². The standard InChI is InChI=1S/C31H38ClN7O/c1-37(2)15-7-12-29(40)38(3)24-9-6-8-22(18-24)21-39-16-13-23(14-17-39)35-31-34-20-27(32)30(36-31)26-19-33-28-11-5-4-10-25(26)28/h4-6,8-11,18-20,23,33H,7,12-17,21H2,1-3H3,(H,34,35,36). The summed E-state index contributed by atoms with van der Waals surface area (Å²) in [4.78, 5) is 31.6. The van der Waals surface area contributed by atoms with Gasteiger partial charge in [-0.1, -0.05) is 41.9 Å². The molecule has 2 aromatic carbocycles. The summed E-state index contributed by atoms with van der Waals surface area (Å²) in [5.74, 6) is 0.761. The Morgan fingerprint density at radius 2 is 1.93 bits per heavy atom. The van der Waals surface area contributed by atoms with E-state index in [1.54, 1.807) is 11.1 Å². The number of halogens is 1. The van der Waals surface area contributed by atoms with Gasteiger partial charge in [0.25, 0.3) is 0 Å². The lowest BCUT2D eigenvalue weighted by Gasteiger charge is -2.32. The van der Waals surface area contributed by atoms with Crippen LogP contribution in [0.1, 0.15) is 31.2 Å². The molecule has 3 heterocycles. The Bertz CT molecular complexity index is 1440. The first-order valence-electron chi connectivity index (χ1n) is 14.0. The maximum atomic E-state index is 12.6. The SMILES string of the molecule is CN(C)CCCC(=O)N(C)c1cccc(CN2CCC(Nc3ncc(Cl)c(-c4c[nH]c5ccccc45)n3)CC2)c1. The number of nitrogens with zero attached hydrogens (tertiary/aromatic N) is 5. The van der Waals surface area contributed by atoms with Gasteiger partial charge in [-0.3, -0.25) is 9.69 Å². The smallest absolute Gasteiger partial charge is 0.226 e. The summed E-state index contributed by atoms with van der Waals surface area (Å²) in [7, 11) is 5.94. The lowest BCUT2D eigenvalue weighted by molar-refractivity contribution is -0.118. The van der Waals surface area contributed by atoms with Crippen LogP contribution < -0.4 is 10.2 Å². The molecule has 210 valence electrons. The molecule has 1 fully saturated rings. The van der Waals surface area contributed by atoms with E-state index in [4.69, 9.17) is 16.6 Å². The second-order valence-electron chi connectivity index (χ2n) is 10.9. The minimum atomic E-state index is 0.156. The Morgan fingerprint density at radius 1 is 1.12 bits per heavy atom. The Balaban J connectivity index is 1.15. The van der Waals surface area contributed by atoms with Crippen LogP contribution in [0.4, 0.5) is 11.6 Å². The molecule has 0 saturated carbocycles. The van der Waals surface area contributed by atoms with Crippen LogP contribution in [0, 0.1) is 0 Å². The molecule has 40 heavy (non-hydrogen) atoms. The van der Waals surface area contributed by atoms with Gasteiger partial charge in [-0.05, 0) is 63.7 Å². The van der Waals surface area contributed by atoms with Crippen molar-refractivity contribution in [3.05, 3.63) is 71.5 Å². The van der Waals surface area contributed by atoms with Crippen LogP contribution in [0.3, 0.4) is 0 Å². The van der Waals surface area contributed by atoms with Gasteiger partial charge in [0.15, 0.2) is 0 Å². The number of nitrogens with one attached hydrogen (secondary N) is 2. The summed E-state index contributed by atoms with van der Waals surface area (Å²) in [6.45, 7) is 3.74. The Morgan fingerprint density at radius 3 is 2.73 bits per heavy atom. The van der Waals surface area contributed by atoms with E-state index in [9.17, 15) is 4.79 Å². The molecule has 0 aliphatic carbocycles. The zero-order valence-corrected chi connectivity index (χ0v) is 24.3. The molecule has 0 spiro atoms. The van der Waals surface area contributed by atoms with Gasteiger partial charge in [0.1, 0.15) is 0 Å². The van der Waals surface area contributed by atoms with E-state index in [1.807, 2.05) is 57.7 Å². The van der Waals surface area contributed by atoms with Gasteiger partial charge in [0.05, 0.1) is 16.9 Å². The molecule has 2 N–H and O–H groups in total. The highest BCUT2D eigenvalue weighted by Gasteiger charge is 2.21. The molecule has 2 aromatic heterocycles. The fourth-order valence-corrected chi connectivity index (χ4v) is 5.48. The van der Waals surface area contributed by atoms with Crippen LogP contribution in [-0.2, 0) is 11.3 Å². The molecule has 8 nitrogen and oxygen atoms in total. The predicted octanol–water partition coefficient (Wildman–Crippen LogP) is 5.66.